The Morgan fingerprint density at radius 1 is 1.02 bits per heavy atom. The lowest BCUT2D eigenvalue weighted by Gasteiger charge is -2.32. The third kappa shape index (κ3) is 8.45. The maximum atomic E-state index is 13.2. The molecule has 3 aromatic rings. The molecule has 218 valence electrons. The van der Waals surface area contributed by atoms with Crippen LogP contribution in [0.1, 0.15) is 33.7 Å². The van der Waals surface area contributed by atoms with E-state index in [9.17, 15) is 22.8 Å². The fourth-order valence-electron chi connectivity index (χ4n) is 4.34. The van der Waals surface area contributed by atoms with Gasteiger partial charge in [0.2, 0.25) is 0 Å². The van der Waals surface area contributed by atoms with Crippen LogP contribution in [0.25, 0.3) is 17.4 Å². The van der Waals surface area contributed by atoms with Crippen molar-refractivity contribution in [2.75, 3.05) is 46.3 Å². The molecule has 0 saturated carbocycles. The van der Waals surface area contributed by atoms with Gasteiger partial charge < -0.3 is 24.9 Å². The standard InChI is InChI=1S/C30H32ClF3N4O3/c1-20-4-6-21(7-5-20)28(39)36-26(29(40)35-12-3-13-38-16-14-37(2)15-17-38)19-23-9-11-27(41-23)24-18-22(30(32,33)34)8-10-25(24)31/h4-11,18-19H,3,12-17H2,1-2H3,(H,35,40)(H,36,39). The molecule has 1 aliphatic heterocycles. The van der Waals surface area contributed by atoms with E-state index in [0.717, 1.165) is 62.9 Å². The minimum Gasteiger partial charge on any atom is -0.457 e. The number of carbonyl (C=O) groups is 2. The average molecular weight is 589 g/mol. The largest absolute Gasteiger partial charge is 0.457 e. The molecule has 0 bridgehead atoms. The van der Waals surface area contributed by atoms with Crippen LogP contribution in [0.4, 0.5) is 13.2 Å². The Morgan fingerprint density at radius 2 is 1.73 bits per heavy atom. The summed E-state index contributed by atoms with van der Waals surface area (Å²) >= 11 is 6.16. The van der Waals surface area contributed by atoms with Crippen molar-refractivity contribution in [3.8, 4) is 11.3 Å². The lowest BCUT2D eigenvalue weighted by atomic mass is 10.1. The van der Waals surface area contributed by atoms with Crippen LogP contribution in [0, 0.1) is 6.92 Å². The van der Waals surface area contributed by atoms with E-state index in [1.54, 1.807) is 24.3 Å². The first kappa shape index (κ1) is 30.4. The van der Waals surface area contributed by atoms with Crippen LogP contribution in [-0.2, 0) is 11.0 Å². The minimum absolute atomic E-state index is 0.0553. The summed E-state index contributed by atoms with van der Waals surface area (Å²) < 4.78 is 45.5. The van der Waals surface area contributed by atoms with Crippen LogP contribution >= 0.6 is 11.6 Å². The van der Waals surface area contributed by atoms with Gasteiger partial charge in [-0.05, 0) is 69.4 Å². The van der Waals surface area contributed by atoms with Crippen molar-refractivity contribution < 1.29 is 27.2 Å². The molecule has 7 nitrogen and oxygen atoms in total. The molecule has 1 aliphatic rings. The average Bonchev–Trinajstić information content (AvgIpc) is 3.39. The number of nitrogens with one attached hydrogen (secondary N) is 2. The van der Waals surface area contributed by atoms with E-state index < -0.39 is 23.6 Å². The summed E-state index contributed by atoms with van der Waals surface area (Å²) in [6.45, 7) is 7.07. The summed E-state index contributed by atoms with van der Waals surface area (Å²) in [5, 5.41) is 5.56. The Bertz CT molecular complexity index is 1390. The highest BCUT2D eigenvalue weighted by Gasteiger charge is 2.31. The molecule has 2 N–H and O–H groups in total. The first-order valence-corrected chi connectivity index (χ1v) is 13.6. The quantitative estimate of drug-likeness (QED) is 0.257. The molecule has 0 unspecified atom stereocenters. The fraction of sp³-hybridized carbons (Fsp3) is 0.333. The van der Waals surface area contributed by atoms with Gasteiger partial charge in [-0.1, -0.05) is 29.3 Å². The summed E-state index contributed by atoms with van der Waals surface area (Å²) in [4.78, 5) is 30.7. The Labute approximate surface area is 241 Å². The lowest BCUT2D eigenvalue weighted by molar-refractivity contribution is -0.137. The zero-order valence-corrected chi connectivity index (χ0v) is 23.6. The molecule has 2 heterocycles. The van der Waals surface area contributed by atoms with Crippen molar-refractivity contribution in [1.29, 1.82) is 0 Å². The van der Waals surface area contributed by atoms with Gasteiger partial charge in [0.05, 0.1) is 10.6 Å². The van der Waals surface area contributed by atoms with Crippen LogP contribution in [0.15, 0.2) is 64.7 Å². The number of furan rings is 1. The molecule has 2 aromatic carbocycles. The van der Waals surface area contributed by atoms with E-state index in [1.165, 1.54) is 18.2 Å². The topological polar surface area (TPSA) is 77.8 Å². The Morgan fingerprint density at radius 3 is 2.41 bits per heavy atom. The molecule has 0 aliphatic carbocycles. The highest BCUT2D eigenvalue weighted by atomic mass is 35.5. The molecule has 0 spiro atoms. The number of piperazine rings is 1. The van der Waals surface area contributed by atoms with Gasteiger partial charge in [-0.3, -0.25) is 9.59 Å². The molecular formula is C30H32ClF3N4O3. The summed E-state index contributed by atoms with van der Waals surface area (Å²) in [6.07, 6.45) is -2.48. The number of halogens is 4. The number of rotatable bonds is 9. The third-order valence-corrected chi connectivity index (χ3v) is 7.14. The van der Waals surface area contributed by atoms with E-state index >= 15 is 0 Å². The number of likely N-dealkylation sites (N-methyl/N-ethyl adjacent to an activating group) is 1. The molecule has 2 amide bonds. The Balaban J connectivity index is 1.51. The van der Waals surface area contributed by atoms with E-state index in [4.69, 9.17) is 16.0 Å². The number of aryl methyl sites for hydroxylation is 1. The van der Waals surface area contributed by atoms with E-state index in [2.05, 4.69) is 27.5 Å². The summed E-state index contributed by atoms with van der Waals surface area (Å²) in [7, 11) is 2.09. The first-order chi connectivity index (χ1) is 19.5. The maximum Gasteiger partial charge on any atom is 0.416 e. The highest BCUT2D eigenvalue weighted by Crippen LogP contribution is 2.36. The van der Waals surface area contributed by atoms with Gasteiger partial charge >= 0.3 is 6.18 Å². The second-order valence-corrected chi connectivity index (χ2v) is 10.4. The van der Waals surface area contributed by atoms with Crippen molar-refractivity contribution >= 4 is 29.5 Å². The predicted octanol–water partition coefficient (Wildman–Crippen LogP) is 5.45. The Hall–Kier alpha value is -3.60. The summed E-state index contributed by atoms with van der Waals surface area (Å²) in [6, 6.07) is 12.8. The van der Waals surface area contributed by atoms with Gasteiger partial charge in [0.15, 0.2) is 0 Å². The van der Waals surface area contributed by atoms with Gasteiger partial charge in [0.1, 0.15) is 17.2 Å². The van der Waals surface area contributed by atoms with Gasteiger partial charge in [0, 0.05) is 49.9 Å². The number of nitrogens with zero attached hydrogens (tertiary/aromatic N) is 2. The van der Waals surface area contributed by atoms with Crippen LogP contribution in [0.5, 0.6) is 0 Å². The van der Waals surface area contributed by atoms with Gasteiger partial charge in [0.25, 0.3) is 11.8 Å². The highest BCUT2D eigenvalue weighted by molar-refractivity contribution is 6.33. The Kier molecular flexibility index (Phi) is 9.90. The zero-order chi connectivity index (χ0) is 29.6. The molecule has 1 aromatic heterocycles. The molecule has 4 rings (SSSR count). The molecular weight excluding hydrogens is 557 g/mol. The van der Waals surface area contributed by atoms with Crippen molar-refractivity contribution in [3.63, 3.8) is 0 Å². The lowest BCUT2D eigenvalue weighted by Crippen LogP contribution is -2.45. The van der Waals surface area contributed by atoms with Gasteiger partial charge in [-0.15, -0.1) is 0 Å². The van der Waals surface area contributed by atoms with Crippen molar-refractivity contribution in [2.24, 2.45) is 0 Å². The predicted molar refractivity (Wildman–Crippen MR) is 152 cm³/mol. The van der Waals surface area contributed by atoms with Crippen LogP contribution in [-0.4, -0.2) is 67.9 Å². The second-order valence-electron chi connectivity index (χ2n) is 10.0. The van der Waals surface area contributed by atoms with E-state index in [-0.39, 0.29) is 27.8 Å². The summed E-state index contributed by atoms with van der Waals surface area (Å²) in [5.74, 6) is -0.764. The SMILES string of the molecule is Cc1ccc(C(=O)NC(=Cc2ccc(-c3cc(C(F)(F)F)ccc3Cl)o2)C(=O)NCCCN2CCN(C)CC2)cc1. The monoisotopic (exact) mass is 588 g/mol. The zero-order valence-electron chi connectivity index (χ0n) is 22.9. The molecule has 1 saturated heterocycles. The third-order valence-electron chi connectivity index (χ3n) is 6.81. The number of carbonyl (C=O) groups excluding carboxylic acids is 2. The van der Waals surface area contributed by atoms with E-state index in [1.807, 2.05) is 6.92 Å². The maximum absolute atomic E-state index is 13.2. The normalized spacial score (nSPS) is 15.1. The molecule has 0 atom stereocenters. The first-order valence-electron chi connectivity index (χ1n) is 13.3. The number of alkyl halides is 3. The number of benzene rings is 2. The van der Waals surface area contributed by atoms with Crippen molar-refractivity contribution in [1.82, 2.24) is 20.4 Å². The molecule has 0 radical (unpaired) electrons. The molecule has 11 heteroatoms. The fourth-order valence-corrected chi connectivity index (χ4v) is 4.55. The second kappa shape index (κ2) is 13.4. The van der Waals surface area contributed by atoms with Crippen LogP contribution in [0.2, 0.25) is 5.02 Å². The van der Waals surface area contributed by atoms with Crippen LogP contribution < -0.4 is 10.6 Å². The number of hydrogen-bond acceptors (Lipinski definition) is 5. The van der Waals surface area contributed by atoms with Crippen molar-refractivity contribution in [2.45, 2.75) is 19.5 Å². The van der Waals surface area contributed by atoms with E-state index in [0.29, 0.717) is 12.1 Å². The summed E-state index contributed by atoms with van der Waals surface area (Å²) in [5.41, 5.74) is 0.463. The van der Waals surface area contributed by atoms with Crippen molar-refractivity contribution in [3.05, 3.63) is 87.8 Å². The number of amides is 2. The smallest absolute Gasteiger partial charge is 0.416 e. The molecule has 1 fully saturated rings. The number of hydrogen-bond donors (Lipinski definition) is 2. The minimum atomic E-state index is -4.55. The van der Waals surface area contributed by atoms with Crippen LogP contribution in [0.3, 0.4) is 0 Å². The van der Waals surface area contributed by atoms with Gasteiger partial charge in [-0.2, -0.15) is 13.2 Å². The molecule has 41 heavy (non-hydrogen) atoms. The van der Waals surface area contributed by atoms with Gasteiger partial charge in [-0.25, -0.2) is 0 Å².